The number of ether oxygens (including phenoxy) is 1. The van der Waals surface area contributed by atoms with E-state index in [1.807, 2.05) is 0 Å². The third-order valence-corrected chi connectivity index (χ3v) is 2.41. The normalized spacial score (nSPS) is 10.4. The highest BCUT2D eigenvalue weighted by Gasteiger charge is 2.07. The van der Waals surface area contributed by atoms with E-state index < -0.39 is 0 Å². The Morgan fingerprint density at radius 1 is 1.50 bits per heavy atom. The largest absolute Gasteiger partial charge is 0.495 e. The predicted molar refractivity (Wildman–Crippen MR) is 55.2 cm³/mol. The van der Waals surface area contributed by atoms with Gasteiger partial charge in [-0.05, 0) is 12.1 Å². The first-order chi connectivity index (χ1) is 6.76. The smallest absolute Gasteiger partial charge is 0.166 e. The highest BCUT2D eigenvalue weighted by molar-refractivity contribution is 6.33. The Bertz CT molecular complexity index is 490. The fraction of sp³-hybridized carbons (Fsp3) is 0.100. The van der Waals surface area contributed by atoms with Crippen molar-refractivity contribution in [1.29, 1.82) is 0 Å². The van der Waals surface area contributed by atoms with Gasteiger partial charge < -0.3 is 9.72 Å². The third-order valence-electron chi connectivity index (χ3n) is 2.12. The summed E-state index contributed by atoms with van der Waals surface area (Å²) in [5.41, 5.74) is 0.532. The van der Waals surface area contributed by atoms with Gasteiger partial charge in [0.05, 0.1) is 17.8 Å². The molecule has 1 N–H and O–H groups in total. The molecule has 0 bridgehead atoms. The molecule has 0 radical (unpaired) electrons. The van der Waals surface area contributed by atoms with Gasteiger partial charge in [0, 0.05) is 17.0 Å². The van der Waals surface area contributed by atoms with Crippen LogP contribution in [0.25, 0.3) is 10.8 Å². The van der Waals surface area contributed by atoms with E-state index in [-0.39, 0.29) is 0 Å². The van der Waals surface area contributed by atoms with Crippen molar-refractivity contribution < 1.29 is 9.53 Å². The van der Waals surface area contributed by atoms with Crippen molar-refractivity contribution in [2.24, 2.45) is 0 Å². The van der Waals surface area contributed by atoms with Gasteiger partial charge in [-0.15, -0.1) is 0 Å². The fourth-order valence-electron chi connectivity index (χ4n) is 1.41. The van der Waals surface area contributed by atoms with E-state index in [0.717, 1.165) is 17.1 Å². The highest BCUT2D eigenvalue weighted by Crippen LogP contribution is 2.30. The summed E-state index contributed by atoms with van der Waals surface area (Å²) in [6, 6.07) is 3.51. The lowest BCUT2D eigenvalue weighted by atomic mass is 10.2. The second kappa shape index (κ2) is 3.35. The van der Waals surface area contributed by atoms with Gasteiger partial charge in [0.15, 0.2) is 6.29 Å². The monoisotopic (exact) mass is 209 g/mol. The number of carbonyl (C=O) groups is 1. The Balaban J connectivity index is 2.75. The van der Waals surface area contributed by atoms with Gasteiger partial charge in [0.25, 0.3) is 0 Å². The molecule has 1 heterocycles. The number of benzene rings is 1. The maximum absolute atomic E-state index is 10.6. The Morgan fingerprint density at radius 2 is 2.29 bits per heavy atom. The van der Waals surface area contributed by atoms with Crippen LogP contribution in [0.15, 0.2) is 18.3 Å². The lowest BCUT2D eigenvalue weighted by Gasteiger charge is -2.02. The first-order valence-corrected chi connectivity index (χ1v) is 4.44. The molecule has 0 fully saturated rings. The van der Waals surface area contributed by atoms with Crippen LogP contribution in [0, 0.1) is 0 Å². The third kappa shape index (κ3) is 1.26. The summed E-state index contributed by atoms with van der Waals surface area (Å²) in [6.45, 7) is 0. The van der Waals surface area contributed by atoms with E-state index in [0.29, 0.717) is 16.5 Å². The molecule has 1 aromatic heterocycles. The summed E-state index contributed by atoms with van der Waals surface area (Å²) >= 11 is 5.93. The van der Waals surface area contributed by atoms with Crippen LogP contribution in [-0.2, 0) is 0 Å². The van der Waals surface area contributed by atoms with Gasteiger partial charge in [-0.1, -0.05) is 11.6 Å². The zero-order chi connectivity index (χ0) is 10.1. The van der Waals surface area contributed by atoms with Gasteiger partial charge in [-0.3, -0.25) is 4.79 Å². The van der Waals surface area contributed by atoms with Gasteiger partial charge in [0.2, 0.25) is 0 Å². The molecular weight excluding hydrogens is 202 g/mol. The molecule has 3 nitrogen and oxygen atoms in total. The minimum Gasteiger partial charge on any atom is -0.495 e. The van der Waals surface area contributed by atoms with Crippen molar-refractivity contribution in [2.75, 3.05) is 7.11 Å². The highest BCUT2D eigenvalue weighted by atomic mass is 35.5. The van der Waals surface area contributed by atoms with Gasteiger partial charge in [-0.2, -0.15) is 0 Å². The van der Waals surface area contributed by atoms with Gasteiger partial charge in [0.1, 0.15) is 5.75 Å². The van der Waals surface area contributed by atoms with Crippen molar-refractivity contribution in [3.63, 3.8) is 0 Å². The van der Waals surface area contributed by atoms with Crippen molar-refractivity contribution in [3.05, 3.63) is 29.0 Å². The summed E-state index contributed by atoms with van der Waals surface area (Å²) in [6.07, 6.45) is 2.52. The van der Waals surface area contributed by atoms with Crippen molar-refractivity contribution >= 4 is 28.7 Å². The zero-order valence-corrected chi connectivity index (χ0v) is 8.26. The minimum atomic E-state index is 0.503. The van der Waals surface area contributed by atoms with Crippen LogP contribution < -0.4 is 4.74 Å². The molecule has 0 aliphatic heterocycles. The van der Waals surface area contributed by atoms with E-state index >= 15 is 0 Å². The standard InChI is InChI=1S/C10H8ClNO2/c1-14-10-2-6-4-12-9(5-13)7(6)3-8(10)11/h2-5,12H,1H3. The molecule has 0 aliphatic rings. The summed E-state index contributed by atoms with van der Waals surface area (Å²) in [5, 5.41) is 2.22. The lowest BCUT2D eigenvalue weighted by Crippen LogP contribution is -1.84. The van der Waals surface area contributed by atoms with Crippen molar-refractivity contribution in [3.8, 4) is 5.75 Å². The minimum absolute atomic E-state index is 0.503. The first kappa shape index (κ1) is 9.09. The quantitative estimate of drug-likeness (QED) is 0.773. The van der Waals surface area contributed by atoms with E-state index in [2.05, 4.69) is 4.98 Å². The van der Waals surface area contributed by atoms with Gasteiger partial charge in [-0.25, -0.2) is 0 Å². The molecule has 0 unspecified atom stereocenters. The molecule has 0 amide bonds. The fourth-order valence-corrected chi connectivity index (χ4v) is 1.65. The van der Waals surface area contributed by atoms with Gasteiger partial charge >= 0.3 is 0 Å². The number of carbonyl (C=O) groups excluding carboxylic acids is 1. The number of H-pyrrole nitrogens is 1. The molecule has 0 aliphatic carbocycles. The molecule has 1 aromatic carbocycles. The van der Waals surface area contributed by atoms with Crippen LogP contribution in [-0.4, -0.2) is 18.4 Å². The number of hydrogen-bond acceptors (Lipinski definition) is 2. The number of hydrogen-bond donors (Lipinski definition) is 1. The van der Waals surface area contributed by atoms with E-state index in [1.165, 1.54) is 0 Å². The Labute approximate surface area is 85.6 Å². The first-order valence-electron chi connectivity index (χ1n) is 4.06. The van der Waals surface area contributed by atoms with E-state index in [4.69, 9.17) is 16.3 Å². The molecule has 0 saturated carbocycles. The van der Waals surface area contributed by atoms with Crippen molar-refractivity contribution in [2.45, 2.75) is 0 Å². The average Bonchev–Trinajstić information content (AvgIpc) is 2.58. The van der Waals surface area contributed by atoms with Crippen LogP contribution in [0.5, 0.6) is 5.75 Å². The molecule has 0 saturated heterocycles. The van der Waals surface area contributed by atoms with E-state index in [9.17, 15) is 4.79 Å². The molecule has 72 valence electrons. The second-order valence-corrected chi connectivity index (χ2v) is 3.30. The Morgan fingerprint density at radius 3 is 2.93 bits per heavy atom. The average molecular weight is 210 g/mol. The van der Waals surface area contributed by atoms with Crippen molar-refractivity contribution in [1.82, 2.24) is 4.98 Å². The number of halogens is 1. The van der Waals surface area contributed by atoms with Crippen LogP contribution in [0.3, 0.4) is 0 Å². The molecule has 0 atom stereocenters. The lowest BCUT2D eigenvalue weighted by molar-refractivity contribution is 0.112. The maximum atomic E-state index is 10.6. The topological polar surface area (TPSA) is 42.1 Å². The molecule has 4 heteroatoms. The summed E-state index contributed by atoms with van der Waals surface area (Å²) in [7, 11) is 1.56. The molecule has 2 aromatic rings. The van der Waals surface area contributed by atoms with E-state index in [1.54, 1.807) is 25.4 Å². The van der Waals surface area contributed by atoms with Crippen LogP contribution in [0.4, 0.5) is 0 Å². The number of nitrogens with one attached hydrogen (secondary N) is 1. The maximum Gasteiger partial charge on any atom is 0.166 e. The number of aldehydes is 1. The Kier molecular flexibility index (Phi) is 2.17. The summed E-state index contributed by atoms with van der Waals surface area (Å²) in [4.78, 5) is 13.5. The molecule has 0 spiro atoms. The SMILES string of the molecule is COc1cc2c[nH]c(C=O)c2cc1Cl. The second-order valence-electron chi connectivity index (χ2n) is 2.89. The summed E-state index contributed by atoms with van der Waals surface area (Å²) in [5.74, 6) is 0.607. The number of fused-ring (bicyclic) bond motifs is 1. The molecule has 2 rings (SSSR count). The van der Waals surface area contributed by atoms with Crippen LogP contribution in [0.1, 0.15) is 10.5 Å². The predicted octanol–water partition coefficient (Wildman–Crippen LogP) is 2.64. The van der Waals surface area contributed by atoms with Crippen LogP contribution in [0.2, 0.25) is 5.02 Å². The molecular formula is C10H8ClNO2. The number of aromatic amines is 1. The van der Waals surface area contributed by atoms with Crippen LogP contribution >= 0.6 is 11.6 Å². The molecule has 14 heavy (non-hydrogen) atoms. The number of rotatable bonds is 2. The number of methoxy groups -OCH3 is 1. The summed E-state index contributed by atoms with van der Waals surface area (Å²) < 4.78 is 5.06. The zero-order valence-electron chi connectivity index (χ0n) is 7.50. The number of aromatic nitrogens is 1. The Hall–Kier alpha value is -1.48.